The predicted molar refractivity (Wildman–Crippen MR) is 94.3 cm³/mol. The molecule has 4 heterocycles. The second-order valence-electron chi connectivity index (χ2n) is 7.64. The van der Waals surface area contributed by atoms with E-state index in [2.05, 4.69) is 9.97 Å². The van der Waals surface area contributed by atoms with Gasteiger partial charge >= 0.3 is 5.97 Å². The SMILES string of the molecule is O=C1CC(C(=O)N2CCc3oc(-c4cccnc4)nc3C2)C2(CCCC2)O1. The minimum Gasteiger partial charge on any atom is -0.458 e. The van der Waals surface area contributed by atoms with Crippen LogP contribution in [-0.4, -0.2) is 38.9 Å². The van der Waals surface area contributed by atoms with Crippen molar-refractivity contribution in [2.45, 2.75) is 50.7 Å². The number of amides is 1. The predicted octanol–water partition coefficient (Wildman–Crippen LogP) is 2.50. The van der Waals surface area contributed by atoms with Gasteiger partial charge in [0.15, 0.2) is 0 Å². The lowest BCUT2D eigenvalue weighted by molar-refractivity contribution is -0.152. The molecule has 1 saturated carbocycles. The zero-order valence-electron chi connectivity index (χ0n) is 15.0. The van der Waals surface area contributed by atoms with Crippen LogP contribution in [0, 0.1) is 5.92 Å². The van der Waals surface area contributed by atoms with Gasteiger partial charge in [-0.25, -0.2) is 4.98 Å². The van der Waals surface area contributed by atoms with E-state index in [0.29, 0.717) is 25.4 Å². The Hall–Kier alpha value is -2.70. The largest absolute Gasteiger partial charge is 0.458 e. The number of rotatable bonds is 2. The fourth-order valence-electron chi connectivity index (χ4n) is 4.65. The first kappa shape index (κ1) is 16.5. The summed E-state index contributed by atoms with van der Waals surface area (Å²) in [5.74, 6) is 0.771. The molecule has 2 fully saturated rings. The van der Waals surface area contributed by atoms with Gasteiger partial charge in [0.05, 0.1) is 24.4 Å². The third kappa shape index (κ3) is 2.72. The molecule has 1 amide bonds. The molecule has 7 nitrogen and oxygen atoms in total. The fourth-order valence-corrected chi connectivity index (χ4v) is 4.65. The zero-order valence-corrected chi connectivity index (χ0v) is 15.0. The van der Waals surface area contributed by atoms with Crippen molar-refractivity contribution in [3.8, 4) is 11.5 Å². The molecule has 1 saturated heterocycles. The van der Waals surface area contributed by atoms with Crippen molar-refractivity contribution < 1.29 is 18.7 Å². The first-order valence-electron chi connectivity index (χ1n) is 9.54. The van der Waals surface area contributed by atoms with E-state index >= 15 is 0 Å². The fraction of sp³-hybridized carbons (Fsp3) is 0.500. The number of carbonyl (C=O) groups excluding carboxylic acids is 2. The molecule has 1 unspecified atom stereocenters. The van der Waals surface area contributed by atoms with Gasteiger partial charge in [-0.1, -0.05) is 0 Å². The summed E-state index contributed by atoms with van der Waals surface area (Å²) in [5.41, 5.74) is 1.04. The molecule has 2 aromatic rings. The molecule has 2 aliphatic heterocycles. The molecular formula is C20H21N3O4. The molecule has 2 aromatic heterocycles. The number of fused-ring (bicyclic) bond motifs is 1. The second-order valence-corrected chi connectivity index (χ2v) is 7.64. The van der Waals surface area contributed by atoms with Crippen LogP contribution in [0.2, 0.25) is 0 Å². The van der Waals surface area contributed by atoms with Crippen LogP contribution < -0.4 is 0 Å². The van der Waals surface area contributed by atoms with Gasteiger partial charge in [0.2, 0.25) is 11.8 Å². The Kier molecular flexibility index (Phi) is 3.77. The van der Waals surface area contributed by atoms with E-state index in [-0.39, 0.29) is 24.2 Å². The molecular weight excluding hydrogens is 346 g/mol. The Morgan fingerprint density at radius 1 is 1.30 bits per heavy atom. The summed E-state index contributed by atoms with van der Waals surface area (Å²) in [4.78, 5) is 35.6. The smallest absolute Gasteiger partial charge is 0.307 e. The average molecular weight is 367 g/mol. The third-order valence-electron chi connectivity index (χ3n) is 6.02. The number of hydrogen-bond donors (Lipinski definition) is 0. The van der Waals surface area contributed by atoms with Crippen LogP contribution in [0.4, 0.5) is 0 Å². The molecule has 140 valence electrons. The first-order valence-corrected chi connectivity index (χ1v) is 9.54. The maximum absolute atomic E-state index is 13.2. The number of aromatic nitrogens is 2. The van der Waals surface area contributed by atoms with Crippen LogP contribution >= 0.6 is 0 Å². The van der Waals surface area contributed by atoms with Crippen molar-refractivity contribution in [1.82, 2.24) is 14.9 Å². The van der Waals surface area contributed by atoms with Gasteiger partial charge in [0.1, 0.15) is 17.1 Å². The van der Waals surface area contributed by atoms with Crippen molar-refractivity contribution >= 4 is 11.9 Å². The van der Waals surface area contributed by atoms with E-state index in [1.807, 2.05) is 17.0 Å². The number of carbonyl (C=O) groups is 2. The normalized spacial score (nSPS) is 23.5. The molecule has 1 spiro atoms. The van der Waals surface area contributed by atoms with Crippen LogP contribution in [0.1, 0.15) is 43.6 Å². The Labute approximate surface area is 156 Å². The summed E-state index contributed by atoms with van der Waals surface area (Å²) in [6.07, 6.45) is 7.86. The van der Waals surface area contributed by atoms with Crippen molar-refractivity contribution in [1.29, 1.82) is 0 Å². The van der Waals surface area contributed by atoms with E-state index in [0.717, 1.165) is 42.7 Å². The Bertz CT molecular complexity index is 886. The van der Waals surface area contributed by atoms with E-state index in [1.54, 1.807) is 12.4 Å². The summed E-state index contributed by atoms with van der Waals surface area (Å²) in [6.45, 7) is 0.993. The molecule has 5 rings (SSSR count). The van der Waals surface area contributed by atoms with Gasteiger partial charge in [-0.15, -0.1) is 0 Å². The van der Waals surface area contributed by atoms with E-state index in [1.165, 1.54) is 0 Å². The summed E-state index contributed by atoms with van der Waals surface area (Å²) in [6, 6.07) is 3.74. The van der Waals surface area contributed by atoms with Gasteiger partial charge < -0.3 is 14.1 Å². The molecule has 0 N–H and O–H groups in total. The lowest BCUT2D eigenvalue weighted by atomic mass is 9.84. The highest BCUT2D eigenvalue weighted by Crippen LogP contribution is 2.46. The minimum atomic E-state index is -0.570. The molecule has 7 heteroatoms. The highest BCUT2D eigenvalue weighted by Gasteiger charge is 2.55. The maximum Gasteiger partial charge on any atom is 0.307 e. The van der Waals surface area contributed by atoms with Crippen molar-refractivity contribution in [3.63, 3.8) is 0 Å². The lowest BCUT2D eigenvalue weighted by Gasteiger charge is -2.33. The van der Waals surface area contributed by atoms with Crippen LogP contribution in [0.3, 0.4) is 0 Å². The van der Waals surface area contributed by atoms with Crippen LogP contribution in [0.15, 0.2) is 28.9 Å². The van der Waals surface area contributed by atoms with E-state index < -0.39 is 5.60 Å². The molecule has 1 aliphatic carbocycles. The van der Waals surface area contributed by atoms with Crippen molar-refractivity contribution in [2.24, 2.45) is 5.92 Å². The number of hydrogen-bond acceptors (Lipinski definition) is 6. The Morgan fingerprint density at radius 3 is 2.93 bits per heavy atom. The standard InChI is InChI=1S/C20H21N3O4/c24-17-10-14(20(27-17)6-1-2-7-20)19(25)23-9-5-16-15(12-23)22-18(26-16)13-4-3-8-21-11-13/h3-4,8,11,14H,1-2,5-7,9-10,12H2. The van der Waals surface area contributed by atoms with Crippen LogP contribution in [-0.2, 0) is 27.3 Å². The topological polar surface area (TPSA) is 85.5 Å². The van der Waals surface area contributed by atoms with Gasteiger partial charge in [0.25, 0.3) is 0 Å². The number of esters is 1. The van der Waals surface area contributed by atoms with Gasteiger partial charge in [0, 0.05) is 25.4 Å². The molecule has 27 heavy (non-hydrogen) atoms. The van der Waals surface area contributed by atoms with Crippen molar-refractivity contribution in [3.05, 3.63) is 36.0 Å². The number of pyridine rings is 1. The quantitative estimate of drug-likeness (QED) is 0.758. The van der Waals surface area contributed by atoms with Gasteiger partial charge in [-0.2, -0.15) is 0 Å². The molecule has 3 aliphatic rings. The number of nitrogens with zero attached hydrogens (tertiary/aromatic N) is 3. The highest BCUT2D eigenvalue weighted by molar-refractivity contribution is 5.88. The number of oxazole rings is 1. The molecule has 0 bridgehead atoms. The minimum absolute atomic E-state index is 0.0133. The van der Waals surface area contributed by atoms with E-state index in [9.17, 15) is 9.59 Å². The van der Waals surface area contributed by atoms with Gasteiger partial charge in [-0.05, 0) is 37.8 Å². The molecule has 0 radical (unpaired) electrons. The summed E-state index contributed by atoms with van der Waals surface area (Å²) in [7, 11) is 0. The Morgan fingerprint density at radius 2 is 2.15 bits per heavy atom. The maximum atomic E-state index is 13.2. The summed E-state index contributed by atoms with van der Waals surface area (Å²) >= 11 is 0. The van der Waals surface area contributed by atoms with E-state index in [4.69, 9.17) is 9.15 Å². The monoisotopic (exact) mass is 367 g/mol. The first-order chi connectivity index (χ1) is 13.1. The second kappa shape index (κ2) is 6.18. The lowest BCUT2D eigenvalue weighted by Crippen LogP contribution is -2.46. The number of ether oxygens (including phenoxy) is 1. The van der Waals surface area contributed by atoms with Crippen molar-refractivity contribution in [2.75, 3.05) is 6.54 Å². The highest BCUT2D eigenvalue weighted by atomic mass is 16.6. The zero-order chi connectivity index (χ0) is 18.4. The third-order valence-corrected chi connectivity index (χ3v) is 6.02. The van der Waals surface area contributed by atoms with Crippen LogP contribution in [0.25, 0.3) is 11.5 Å². The Balaban J connectivity index is 1.37. The van der Waals surface area contributed by atoms with Gasteiger partial charge in [-0.3, -0.25) is 14.6 Å². The molecule has 1 atom stereocenters. The molecule has 0 aromatic carbocycles. The summed E-state index contributed by atoms with van der Waals surface area (Å²) in [5, 5.41) is 0. The average Bonchev–Trinajstić information content (AvgIpc) is 3.40. The van der Waals surface area contributed by atoms with Crippen LogP contribution in [0.5, 0.6) is 0 Å². The summed E-state index contributed by atoms with van der Waals surface area (Å²) < 4.78 is 11.5.